The fourth-order valence-electron chi connectivity index (χ4n) is 3.04. The Morgan fingerprint density at radius 3 is 3.04 bits per heavy atom. The zero-order valence-electron chi connectivity index (χ0n) is 13.6. The van der Waals surface area contributed by atoms with Crippen LogP contribution in [-0.2, 0) is 11.3 Å². The highest BCUT2D eigenvalue weighted by atomic mass is 16.2. The molecule has 1 N–H and O–H groups in total. The van der Waals surface area contributed by atoms with Crippen molar-refractivity contribution in [3.8, 4) is 0 Å². The number of anilines is 1. The van der Waals surface area contributed by atoms with Crippen molar-refractivity contribution in [3.05, 3.63) is 24.9 Å². The first-order valence-corrected chi connectivity index (χ1v) is 8.03. The zero-order valence-corrected chi connectivity index (χ0v) is 13.6. The van der Waals surface area contributed by atoms with E-state index in [-0.39, 0.29) is 11.9 Å². The first-order chi connectivity index (χ1) is 11.1. The van der Waals surface area contributed by atoms with Gasteiger partial charge in [0.05, 0.1) is 19.3 Å². The first-order valence-electron chi connectivity index (χ1n) is 8.03. The average Bonchev–Trinajstić information content (AvgIpc) is 3.22. The molecule has 2 aromatic heterocycles. The Balaban J connectivity index is 1.57. The molecule has 1 saturated heterocycles. The zero-order chi connectivity index (χ0) is 16.2. The molecule has 0 bridgehead atoms. The number of rotatable bonds is 6. The lowest BCUT2D eigenvalue weighted by Gasteiger charge is -2.23. The van der Waals surface area contributed by atoms with Gasteiger partial charge in [0.15, 0.2) is 0 Å². The van der Waals surface area contributed by atoms with Crippen molar-refractivity contribution in [1.82, 2.24) is 29.4 Å². The number of amides is 1. The van der Waals surface area contributed by atoms with E-state index in [2.05, 4.69) is 25.4 Å². The molecule has 2 aromatic rings. The van der Waals surface area contributed by atoms with Crippen LogP contribution in [0.25, 0.3) is 0 Å². The van der Waals surface area contributed by atoms with Crippen molar-refractivity contribution >= 4 is 11.7 Å². The van der Waals surface area contributed by atoms with E-state index >= 15 is 0 Å². The highest BCUT2D eigenvalue weighted by Gasteiger charge is 2.27. The van der Waals surface area contributed by atoms with Gasteiger partial charge in [0, 0.05) is 18.2 Å². The summed E-state index contributed by atoms with van der Waals surface area (Å²) in [5, 5.41) is 11.4. The van der Waals surface area contributed by atoms with Crippen LogP contribution in [0.1, 0.15) is 32.7 Å². The van der Waals surface area contributed by atoms with E-state index in [0.29, 0.717) is 12.6 Å². The van der Waals surface area contributed by atoms with Crippen LogP contribution in [0.4, 0.5) is 5.82 Å². The van der Waals surface area contributed by atoms with Gasteiger partial charge in [-0.05, 0) is 33.2 Å². The molecule has 124 valence electrons. The van der Waals surface area contributed by atoms with Crippen LogP contribution >= 0.6 is 0 Å². The maximum absolute atomic E-state index is 12.4. The second-order valence-corrected chi connectivity index (χ2v) is 6.19. The summed E-state index contributed by atoms with van der Waals surface area (Å²) in [5.41, 5.74) is 0. The van der Waals surface area contributed by atoms with Crippen LogP contribution in [0, 0.1) is 0 Å². The van der Waals surface area contributed by atoms with Gasteiger partial charge in [-0.25, -0.2) is 9.67 Å². The molecule has 0 spiro atoms. The molecule has 1 amide bonds. The summed E-state index contributed by atoms with van der Waals surface area (Å²) < 4.78 is 3.64. The van der Waals surface area contributed by atoms with E-state index in [1.807, 2.05) is 29.3 Å². The minimum Gasteiger partial charge on any atom is -0.310 e. The van der Waals surface area contributed by atoms with Crippen molar-refractivity contribution in [2.75, 3.05) is 18.4 Å². The van der Waals surface area contributed by atoms with Crippen molar-refractivity contribution in [2.45, 2.75) is 45.3 Å². The van der Waals surface area contributed by atoms with Gasteiger partial charge in [0.1, 0.15) is 18.5 Å². The van der Waals surface area contributed by atoms with Crippen molar-refractivity contribution in [2.24, 2.45) is 0 Å². The summed E-state index contributed by atoms with van der Waals surface area (Å²) in [5.74, 6) is 0.745. The second-order valence-electron chi connectivity index (χ2n) is 6.19. The number of carbonyl (C=O) groups excluding carboxylic acids is 1. The van der Waals surface area contributed by atoms with Gasteiger partial charge in [-0.1, -0.05) is 0 Å². The smallest absolute Gasteiger partial charge is 0.239 e. The summed E-state index contributed by atoms with van der Waals surface area (Å²) in [4.78, 5) is 18.5. The maximum Gasteiger partial charge on any atom is 0.239 e. The Hall–Kier alpha value is -2.22. The number of nitrogens with zero attached hydrogens (tertiary/aromatic N) is 6. The fourth-order valence-corrected chi connectivity index (χ4v) is 3.04. The highest BCUT2D eigenvalue weighted by Crippen LogP contribution is 2.19. The molecule has 0 aromatic carbocycles. The van der Waals surface area contributed by atoms with Crippen molar-refractivity contribution in [1.29, 1.82) is 0 Å². The summed E-state index contributed by atoms with van der Waals surface area (Å²) in [6, 6.07) is 2.37. The van der Waals surface area contributed by atoms with Gasteiger partial charge in [-0.15, -0.1) is 0 Å². The van der Waals surface area contributed by atoms with Gasteiger partial charge in [-0.2, -0.15) is 10.2 Å². The Labute approximate surface area is 135 Å². The molecule has 1 unspecified atom stereocenters. The quantitative estimate of drug-likeness (QED) is 0.864. The van der Waals surface area contributed by atoms with E-state index in [9.17, 15) is 4.79 Å². The maximum atomic E-state index is 12.4. The number of hydrogen-bond donors (Lipinski definition) is 1. The fraction of sp³-hybridized carbons (Fsp3) is 0.600. The largest absolute Gasteiger partial charge is 0.310 e. The van der Waals surface area contributed by atoms with Crippen LogP contribution < -0.4 is 5.32 Å². The Morgan fingerprint density at radius 1 is 1.43 bits per heavy atom. The normalized spacial score (nSPS) is 18.7. The average molecular weight is 317 g/mol. The summed E-state index contributed by atoms with van der Waals surface area (Å²) in [7, 11) is 0. The van der Waals surface area contributed by atoms with E-state index in [4.69, 9.17) is 0 Å². The molecule has 1 fully saturated rings. The van der Waals surface area contributed by atoms with Crippen molar-refractivity contribution in [3.63, 3.8) is 0 Å². The second kappa shape index (κ2) is 6.91. The molecule has 0 aliphatic carbocycles. The predicted molar refractivity (Wildman–Crippen MR) is 85.9 cm³/mol. The number of carbonyl (C=O) groups is 1. The van der Waals surface area contributed by atoms with Gasteiger partial charge in [-0.3, -0.25) is 14.4 Å². The number of nitrogens with one attached hydrogen (secondary N) is 1. The molecule has 8 heteroatoms. The lowest BCUT2D eigenvalue weighted by Crippen LogP contribution is -2.39. The topological polar surface area (TPSA) is 80.9 Å². The molecule has 8 nitrogen and oxygen atoms in total. The van der Waals surface area contributed by atoms with Crippen LogP contribution in [-0.4, -0.2) is 54.5 Å². The van der Waals surface area contributed by atoms with Crippen LogP contribution in [0.5, 0.6) is 0 Å². The molecular formula is C15H23N7O. The van der Waals surface area contributed by atoms with Gasteiger partial charge < -0.3 is 5.32 Å². The number of aromatic nitrogens is 5. The van der Waals surface area contributed by atoms with E-state index in [1.165, 1.54) is 0 Å². The Kier molecular flexibility index (Phi) is 4.71. The van der Waals surface area contributed by atoms with Crippen LogP contribution in [0.15, 0.2) is 24.9 Å². The monoisotopic (exact) mass is 317 g/mol. The molecule has 1 atom stereocenters. The van der Waals surface area contributed by atoms with E-state index in [1.54, 1.807) is 18.9 Å². The van der Waals surface area contributed by atoms with E-state index in [0.717, 1.165) is 31.7 Å². The van der Waals surface area contributed by atoms with Crippen LogP contribution in [0.3, 0.4) is 0 Å². The van der Waals surface area contributed by atoms with Gasteiger partial charge in [0.25, 0.3) is 0 Å². The molecular weight excluding hydrogens is 294 g/mol. The third-order valence-electron chi connectivity index (χ3n) is 4.14. The third kappa shape index (κ3) is 3.76. The highest BCUT2D eigenvalue weighted by molar-refractivity contribution is 5.91. The summed E-state index contributed by atoms with van der Waals surface area (Å²) >= 11 is 0. The van der Waals surface area contributed by atoms with Crippen molar-refractivity contribution < 1.29 is 4.79 Å². The molecule has 23 heavy (non-hydrogen) atoms. The van der Waals surface area contributed by atoms with Gasteiger partial charge >= 0.3 is 0 Å². The lowest BCUT2D eigenvalue weighted by molar-refractivity contribution is -0.117. The summed E-state index contributed by atoms with van der Waals surface area (Å²) in [6.07, 6.45) is 7.16. The standard InChI is InChI=1S/C15H23N7O/c1-12(2)22-14(5-6-17-22)19-15(23)9-20-7-3-4-13(20)8-21-11-16-10-18-21/h5-6,10-13H,3-4,7-9H2,1-2H3,(H,19,23). The van der Waals surface area contributed by atoms with Gasteiger partial charge in [0.2, 0.25) is 5.91 Å². The predicted octanol–water partition coefficient (Wildman–Crippen LogP) is 1.16. The van der Waals surface area contributed by atoms with Crippen LogP contribution in [0.2, 0.25) is 0 Å². The summed E-state index contributed by atoms with van der Waals surface area (Å²) in [6.45, 7) is 6.19. The minimum atomic E-state index is -0.00195. The molecule has 3 rings (SSSR count). The molecule has 0 radical (unpaired) electrons. The molecule has 1 aliphatic heterocycles. The molecule has 3 heterocycles. The minimum absolute atomic E-state index is 0.00195. The SMILES string of the molecule is CC(C)n1nccc1NC(=O)CN1CCCC1Cn1cncn1. The Bertz CT molecular complexity index is 634. The molecule has 0 saturated carbocycles. The third-order valence-corrected chi connectivity index (χ3v) is 4.14. The first kappa shape index (κ1) is 15.7. The van der Waals surface area contributed by atoms with E-state index < -0.39 is 0 Å². The molecule has 1 aliphatic rings. The number of hydrogen-bond acceptors (Lipinski definition) is 5. The number of likely N-dealkylation sites (tertiary alicyclic amines) is 1. The Morgan fingerprint density at radius 2 is 2.30 bits per heavy atom. The lowest BCUT2D eigenvalue weighted by atomic mass is 10.2.